The number of nitrogens with zero attached hydrogens (tertiary/aromatic N) is 5. The molecule has 6 rings (SSSR count). The number of imidazole rings is 2. The normalized spacial score (nSPS) is 15.9. The van der Waals surface area contributed by atoms with Crippen LogP contribution in [0, 0.1) is 5.82 Å². The number of carboxylic acid groups (broad SMARTS) is 1. The number of aryl methyl sites for hydroxylation is 1. The number of para-hydroxylation sites is 1. The van der Waals surface area contributed by atoms with Crippen molar-refractivity contribution in [1.82, 2.24) is 24.0 Å². The van der Waals surface area contributed by atoms with Gasteiger partial charge in [0.05, 0.1) is 40.2 Å². The fourth-order valence-electron chi connectivity index (χ4n) is 5.29. The van der Waals surface area contributed by atoms with Gasteiger partial charge in [-0.05, 0) is 54.4 Å². The first-order chi connectivity index (χ1) is 17.8. The molecule has 1 aliphatic heterocycles. The van der Waals surface area contributed by atoms with Gasteiger partial charge in [0.25, 0.3) is 0 Å². The topological polar surface area (TPSA) is 76.2 Å². The lowest BCUT2D eigenvalue weighted by molar-refractivity contribution is 0.0697. The van der Waals surface area contributed by atoms with E-state index < -0.39 is 5.97 Å². The molecule has 1 N–H and O–H groups in total. The first-order valence-corrected chi connectivity index (χ1v) is 12.5. The molecule has 0 aliphatic carbocycles. The maximum Gasteiger partial charge on any atom is 0.335 e. The third kappa shape index (κ3) is 4.06. The number of aromatic nitrogens is 4. The maximum absolute atomic E-state index is 14.5. The summed E-state index contributed by atoms with van der Waals surface area (Å²) in [4.78, 5) is 23.5. The molecule has 0 amide bonds. The number of carboxylic acids is 1. The molecule has 0 spiro atoms. The van der Waals surface area contributed by atoms with E-state index in [0.717, 1.165) is 52.4 Å². The van der Waals surface area contributed by atoms with Crippen LogP contribution in [0.3, 0.4) is 0 Å². The van der Waals surface area contributed by atoms with Gasteiger partial charge in [-0.25, -0.2) is 19.2 Å². The predicted octanol–water partition coefficient (Wildman–Crippen LogP) is 5.58. The van der Waals surface area contributed by atoms with Crippen molar-refractivity contribution in [3.05, 3.63) is 93.8 Å². The fraction of sp³-hybridized carbons (Fsp3) is 0.250. The average molecular weight is 518 g/mol. The monoisotopic (exact) mass is 517 g/mol. The minimum Gasteiger partial charge on any atom is -0.478 e. The van der Waals surface area contributed by atoms with Crippen LogP contribution in [0.15, 0.2) is 54.6 Å². The Morgan fingerprint density at radius 1 is 1.08 bits per heavy atom. The number of carbonyl (C=O) groups is 1. The highest BCUT2D eigenvalue weighted by Crippen LogP contribution is 2.32. The zero-order valence-corrected chi connectivity index (χ0v) is 21.2. The van der Waals surface area contributed by atoms with Gasteiger partial charge in [0.15, 0.2) is 0 Å². The second-order valence-electron chi connectivity index (χ2n) is 9.56. The van der Waals surface area contributed by atoms with E-state index in [1.54, 1.807) is 30.3 Å². The van der Waals surface area contributed by atoms with E-state index in [1.807, 2.05) is 23.7 Å². The number of rotatable bonds is 5. The van der Waals surface area contributed by atoms with Crippen molar-refractivity contribution in [2.45, 2.75) is 32.5 Å². The van der Waals surface area contributed by atoms with Crippen LogP contribution in [0.1, 0.15) is 46.1 Å². The summed E-state index contributed by atoms with van der Waals surface area (Å²) in [6.07, 6.45) is 0.438. The van der Waals surface area contributed by atoms with Crippen molar-refractivity contribution in [3.63, 3.8) is 0 Å². The van der Waals surface area contributed by atoms with Crippen molar-refractivity contribution >= 4 is 39.6 Å². The summed E-state index contributed by atoms with van der Waals surface area (Å²) in [7, 11) is 1.92. The summed E-state index contributed by atoms with van der Waals surface area (Å²) in [6.45, 7) is 4.35. The molecular formula is C28H25ClFN5O2. The van der Waals surface area contributed by atoms with E-state index in [9.17, 15) is 14.3 Å². The number of hydrogen-bond donors (Lipinski definition) is 1. The zero-order valence-electron chi connectivity index (χ0n) is 20.4. The molecule has 0 radical (unpaired) electrons. The van der Waals surface area contributed by atoms with Gasteiger partial charge in [0.2, 0.25) is 0 Å². The third-order valence-electron chi connectivity index (χ3n) is 7.39. The molecular weight excluding hydrogens is 493 g/mol. The number of fused-ring (bicyclic) bond motifs is 4. The molecule has 0 saturated heterocycles. The number of benzene rings is 3. The lowest BCUT2D eigenvalue weighted by atomic mass is 10.0. The predicted molar refractivity (Wildman–Crippen MR) is 140 cm³/mol. The van der Waals surface area contributed by atoms with Gasteiger partial charge in [-0.1, -0.05) is 29.8 Å². The van der Waals surface area contributed by atoms with Crippen molar-refractivity contribution in [2.24, 2.45) is 7.05 Å². The molecule has 2 aromatic heterocycles. The van der Waals surface area contributed by atoms with E-state index in [2.05, 4.69) is 22.5 Å². The second-order valence-corrected chi connectivity index (χ2v) is 10.00. The van der Waals surface area contributed by atoms with Crippen LogP contribution in [0.25, 0.3) is 22.1 Å². The molecule has 7 nitrogen and oxygen atoms in total. The van der Waals surface area contributed by atoms with Gasteiger partial charge < -0.3 is 14.2 Å². The lowest BCUT2D eigenvalue weighted by Crippen LogP contribution is -2.37. The number of halogens is 2. The van der Waals surface area contributed by atoms with E-state index >= 15 is 0 Å². The minimum atomic E-state index is -0.952. The molecule has 188 valence electrons. The Morgan fingerprint density at radius 2 is 1.92 bits per heavy atom. The van der Waals surface area contributed by atoms with Crippen molar-refractivity contribution < 1.29 is 14.3 Å². The maximum atomic E-state index is 14.5. The van der Waals surface area contributed by atoms with Crippen molar-refractivity contribution in [2.75, 3.05) is 6.54 Å². The Labute approximate surface area is 217 Å². The van der Waals surface area contributed by atoms with Gasteiger partial charge in [0, 0.05) is 31.6 Å². The molecule has 9 heteroatoms. The highest BCUT2D eigenvalue weighted by molar-refractivity contribution is 6.30. The average Bonchev–Trinajstić information content (AvgIpc) is 3.41. The number of aromatic carboxylic acids is 1. The van der Waals surface area contributed by atoms with Crippen LogP contribution in [0.5, 0.6) is 0 Å². The lowest BCUT2D eigenvalue weighted by Gasteiger charge is -2.33. The molecule has 0 fully saturated rings. The minimum absolute atomic E-state index is 0.0376. The molecule has 1 aliphatic rings. The summed E-state index contributed by atoms with van der Waals surface area (Å²) in [5.74, 6) is 0.572. The molecule has 3 heterocycles. The first kappa shape index (κ1) is 23.6. The largest absolute Gasteiger partial charge is 0.478 e. The van der Waals surface area contributed by atoms with E-state index in [-0.39, 0.29) is 17.4 Å². The van der Waals surface area contributed by atoms with Gasteiger partial charge >= 0.3 is 5.97 Å². The molecule has 0 bridgehead atoms. The fourth-order valence-corrected chi connectivity index (χ4v) is 5.45. The van der Waals surface area contributed by atoms with Crippen LogP contribution < -0.4 is 0 Å². The third-order valence-corrected chi connectivity index (χ3v) is 7.62. The molecule has 1 atom stereocenters. The van der Waals surface area contributed by atoms with Crippen molar-refractivity contribution in [1.29, 1.82) is 0 Å². The van der Waals surface area contributed by atoms with Gasteiger partial charge in [-0.15, -0.1) is 0 Å². The van der Waals surface area contributed by atoms with Gasteiger partial charge in [-0.3, -0.25) is 4.90 Å². The molecule has 0 saturated carbocycles. The molecule has 3 aromatic carbocycles. The summed E-state index contributed by atoms with van der Waals surface area (Å²) >= 11 is 5.93. The SMILES string of the molecule is CC1c2nc3c(Cc4ccc(Cl)cc4F)cccc3n2CCN1Cc1nc2ccc(C(=O)O)cc2n1C. The Balaban J connectivity index is 1.31. The van der Waals surface area contributed by atoms with Gasteiger partial charge in [-0.2, -0.15) is 0 Å². The smallest absolute Gasteiger partial charge is 0.335 e. The highest BCUT2D eigenvalue weighted by Gasteiger charge is 2.29. The van der Waals surface area contributed by atoms with Crippen LogP contribution in [0.2, 0.25) is 5.02 Å². The summed E-state index contributed by atoms with van der Waals surface area (Å²) in [5, 5.41) is 9.73. The first-order valence-electron chi connectivity index (χ1n) is 12.1. The van der Waals surface area contributed by atoms with Crippen LogP contribution in [-0.2, 0) is 26.6 Å². The quantitative estimate of drug-likeness (QED) is 0.329. The Hall–Kier alpha value is -3.75. The Bertz CT molecular complexity index is 1690. The van der Waals surface area contributed by atoms with Crippen LogP contribution in [0.4, 0.5) is 4.39 Å². The standard InChI is InChI=1S/C28H25ClFN5O2/c1-16-27-32-26-18(12-17-6-8-20(29)14-21(17)30)4-3-5-23(26)35(27)11-10-34(16)15-25-31-22-9-7-19(28(36)37)13-24(22)33(25)2/h3-9,13-14,16H,10-12,15H2,1-2H3,(H,36,37). The zero-order chi connectivity index (χ0) is 25.8. The van der Waals surface area contributed by atoms with Crippen LogP contribution in [-0.4, -0.2) is 41.6 Å². The van der Waals surface area contributed by atoms with Crippen LogP contribution >= 0.6 is 11.6 Å². The van der Waals surface area contributed by atoms with E-state index in [1.165, 1.54) is 6.07 Å². The molecule has 5 aromatic rings. The van der Waals surface area contributed by atoms with E-state index in [4.69, 9.17) is 21.6 Å². The summed E-state index contributed by atoms with van der Waals surface area (Å²) < 4.78 is 18.7. The summed E-state index contributed by atoms with van der Waals surface area (Å²) in [5.41, 5.74) is 5.33. The second kappa shape index (κ2) is 8.97. The Morgan fingerprint density at radius 3 is 2.70 bits per heavy atom. The molecule has 37 heavy (non-hydrogen) atoms. The van der Waals surface area contributed by atoms with E-state index in [0.29, 0.717) is 23.6 Å². The highest BCUT2D eigenvalue weighted by atomic mass is 35.5. The number of hydrogen-bond acceptors (Lipinski definition) is 4. The van der Waals surface area contributed by atoms with Gasteiger partial charge in [0.1, 0.15) is 17.5 Å². The summed E-state index contributed by atoms with van der Waals surface area (Å²) in [6, 6.07) is 15.9. The molecule has 1 unspecified atom stereocenters. The Kier molecular flexibility index (Phi) is 5.73. The van der Waals surface area contributed by atoms with Crippen molar-refractivity contribution in [3.8, 4) is 0 Å².